The van der Waals surface area contributed by atoms with E-state index in [0.717, 1.165) is 16.9 Å². The molecule has 0 aromatic heterocycles. The molecule has 2 aromatic rings. The summed E-state index contributed by atoms with van der Waals surface area (Å²) in [5, 5.41) is 3.11. The van der Waals surface area contributed by atoms with Crippen molar-refractivity contribution < 1.29 is 9.13 Å². The molecule has 3 heteroatoms. The van der Waals surface area contributed by atoms with Gasteiger partial charge in [0.15, 0.2) is 0 Å². The summed E-state index contributed by atoms with van der Waals surface area (Å²) in [6.07, 6.45) is 0. The summed E-state index contributed by atoms with van der Waals surface area (Å²) in [4.78, 5) is 0. The predicted octanol–water partition coefficient (Wildman–Crippen LogP) is 4.14. The third-order valence-electron chi connectivity index (χ3n) is 2.86. The third-order valence-corrected chi connectivity index (χ3v) is 2.86. The second kappa shape index (κ2) is 6.23. The zero-order chi connectivity index (χ0) is 13.7. The minimum absolute atomic E-state index is 0.237. The normalized spacial score (nSPS) is 10.3. The molecular weight excluding hydrogens is 241 g/mol. The first-order valence-corrected chi connectivity index (χ1v) is 6.41. The van der Waals surface area contributed by atoms with Crippen molar-refractivity contribution in [3.05, 3.63) is 59.4 Å². The molecule has 0 bridgehead atoms. The standard InChI is InChI=1S/C16H18FNO/c1-3-19-16-7-5-4-6-13(16)11-18-15-10-12(2)8-9-14(15)17/h4-10,18H,3,11H2,1-2H3. The fourth-order valence-corrected chi connectivity index (χ4v) is 1.91. The van der Waals surface area contributed by atoms with Crippen LogP contribution in [0.1, 0.15) is 18.1 Å². The first kappa shape index (κ1) is 13.4. The molecule has 0 spiro atoms. The van der Waals surface area contributed by atoms with Crippen LogP contribution in [0.4, 0.5) is 10.1 Å². The highest BCUT2D eigenvalue weighted by Crippen LogP contribution is 2.21. The fraction of sp³-hybridized carbons (Fsp3) is 0.250. The molecule has 0 heterocycles. The van der Waals surface area contributed by atoms with E-state index in [0.29, 0.717) is 18.8 Å². The van der Waals surface area contributed by atoms with E-state index in [1.54, 1.807) is 12.1 Å². The Bertz CT molecular complexity index is 554. The zero-order valence-electron chi connectivity index (χ0n) is 11.2. The molecule has 0 saturated heterocycles. The summed E-state index contributed by atoms with van der Waals surface area (Å²) in [7, 11) is 0. The van der Waals surface area contributed by atoms with Crippen LogP contribution >= 0.6 is 0 Å². The molecule has 0 aliphatic heterocycles. The van der Waals surface area contributed by atoms with E-state index in [-0.39, 0.29) is 5.82 Å². The van der Waals surface area contributed by atoms with Gasteiger partial charge in [0.25, 0.3) is 0 Å². The number of halogens is 1. The van der Waals surface area contributed by atoms with Gasteiger partial charge in [0.1, 0.15) is 11.6 Å². The summed E-state index contributed by atoms with van der Waals surface area (Å²) in [6, 6.07) is 12.8. The number of benzene rings is 2. The molecule has 1 N–H and O–H groups in total. The van der Waals surface area contributed by atoms with Gasteiger partial charge in [-0.1, -0.05) is 24.3 Å². The number of rotatable bonds is 5. The Kier molecular flexibility index (Phi) is 4.39. The molecule has 0 aliphatic carbocycles. The highest BCUT2D eigenvalue weighted by Gasteiger charge is 2.05. The lowest BCUT2D eigenvalue weighted by atomic mass is 10.1. The summed E-state index contributed by atoms with van der Waals surface area (Å²) in [5.41, 5.74) is 2.57. The van der Waals surface area contributed by atoms with Crippen LogP contribution in [0.25, 0.3) is 0 Å². The van der Waals surface area contributed by atoms with Gasteiger partial charge < -0.3 is 10.1 Å². The lowest BCUT2D eigenvalue weighted by Crippen LogP contribution is -2.04. The van der Waals surface area contributed by atoms with Crippen molar-refractivity contribution in [2.45, 2.75) is 20.4 Å². The lowest BCUT2D eigenvalue weighted by molar-refractivity contribution is 0.337. The smallest absolute Gasteiger partial charge is 0.146 e. The molecule has 2 nitrogen and oxygen atoms in total. The number of anilines is 1. The molecule has 0 aliphatic rings. The van der Waals surface area contributed by atoms with Crippen LogP contribution in [0.2, 0.25) is 0 Å². The van der Waals surface area contributed by atoms with Gasteiger partial charge in [-0.15, -0.1) is 0 Å². The van der Waals surface area contributed by atoms with Gasteiger partial charge in [-0.05, 0) is 37.6 Å². The molecular formula is C16H18FNO. The van der Waals surface area contributed by atoms with E-state index in [9.17, 15) is 4.39 Å². The average molecular weight is 259 g/mol. The molecule has 0 amide bonds. The van der Waals surface area contributed by atoms with Crippen molar-refractivity contribution in [3.8, 4) is 5.75 Å². The highest BCUT2D eigenvalue weighted by molar-refractivity contribution is 5.48. The highest BCUT2D eigenvalue weighted by atomic mass is 19.1. The van der Waals surface area contributed by atoms with Crippen molar-refractivity contribution in [1.82, 2.24) is 0 Å². The predicted molar refractivity (Wildman–Crippen MR) is 76.1 cm³/mol. The Balaban J connectivity index is 2.12. The monoisotopic (exact) mass is 259 g/mol. The van der Waals surface area contributed by atoms with Gasteiger partial charge in [-0.3, -0.25) is 0 Å². The third kappa shape index (κ3) is 3.47. The Morgan fingerprint density at radius 2 is 1.95 bits per heavy atom. The number of ether oxygens (including phenoxy) is 1. The van der Waals surface area contributed by atoms with E-state index in [2.05, 4.69) is 5.32 Å². The van der Waals surface area contributed by atoms with Crippen molar-refractivity contribution in [2.75, 3.05) is 11.9 Å². The SMILES string of the molecule is CCOc1ccccc1CNc1cc(C)ccc1F. The van der Waals surface area contributed by atoms with Gasteiger partial charge in [0.05, 0.1) is 12.3 Å². The summed E-state index contributed by atoms with van der Waals surface area (Å²) in [5.74, 6) is 0.602. The van der Waals surface area contributed by atoms with E-state index in [1.807, 2.05) is 38.1 Å². The van der Waals surface area contributed by atoms with Gasteiger partial charge in [0, 0.05) is 12.1 Å². The molecule has 2 rings (SSSR count). The molecule has 100 valence electrons. The van der Waals surface area contributed by atoms with E-state index in [1.165, 1.54) is 6.07 Å². The van der Waals surface area contributed by atoms with Crippen LogP contribution in [0, 0.1) is 12.7 Å². The van der Waals surface area contributed by atoms with Gasteiger partial charge in [-0.25, -0.2) is 4.39 Å². The van der Waals surface area contributed by atoms with Gasteiger partial charge >= 0.3 is 0 Å². The van der Waals surface area contributed by atoms with Gasteiger partial charge in [-0.2, -0.15) is 0 Å². The van der Waals surface area contributed by atoms with Gasteiger partial charge in [0.2, 0.25) is 0 Å². The topological polar surface area (TPSA) is 21.3 Å². The molecule has 0 saturated carbocycles. The second-order valence-corrected chi connectivity index (χ2v) is 4.38. The zero-order valence-corrected chi connectivity index (χ0v) is 11.2. The summed E-state index contributed by atoms with van der Waals surface area (Å²) >= 11 is 0. The van der Waals surface area contributed by atoms with Crippen molar-refractivity contribution in [1.29, 1.82) is 0 Å². The maximum absolute atomic E-state index is 13.6. The maximum atomic E-state index is 13.6. The molecule has 0 fully saturated rings. The minimum Gasteiger partial charge on any atom is -0.494 e. The molecule has 19 heavy (non-hydrogen) atoms. The quantitative estimate of drug-likeness (QED) is 0.871. The van der Waals surface area contributed by atoms with Crippen LogP contribution in [-0.4, -0.2) is 6.61 Å². The van der Waals surface area contributed by atoms with E-state index < -0.39 is 0 Å². The number of aryl methyl sites for hydroxylation is 1. The minimum atomic E-state index is -0.237. The van der Waals surface area contributed by atoms with Crippen molar-refractivity contribution in [2.24, 2.45) is 0 Å². The van der Waals surface area contributed by atoms with Crippen LogP contribution in [-0.2, 0) is 6.54 Å². The first-order chi connectivity index (χ1) is 9.20. The Labute approximate surface area is 113 Å². The first-order valence-electron chi connectivity index (χ1n) is 6.41. The summed E-state index contributed by atoms with van der Waals surface area (Å²) in [6.45, 7) is 5.05. The Hall–Kier alpha value is -2.03. The van der Waals surface area contributed by atoms with Crippen LogP contribution in [0.5, 0.6) is 5.75 Å². The molecule has 0 atom stereocenters. The fourth-order valence-electron chi connectivity index (χ4n) is 1.91. The van der Waals surface area contributed by atoms with Crippen LogP contribution < -0.4 is 10.1 Å². The second-order valence-electron chi connectivity index (χ2n) is 4.38. The number of nitrogens with one attached hydrogen (secondary N) is 1. The number of para-hydroxylation sites is 1. The number of hydrogen-bond donors (Lipinski definition) is 1. The van der Waals surface area contributed by atoms with Crippen molar-refractivity contribution >= 4 is 5.69 Å². The average Bonchev–Trinajstić information content (AvgIpc) is 2.42. The summed E-state index contributed by atoms with van der Waals surface area (Å²) < 4.78 is 19.2. The van der Waals surface area contributed by atoms with Crippen LogP contribution in [0.15, 0.2) is 42.5 Å². The largest absolute Gasteiger partial charge is 0.494 e. The molecule has 0 radical (unpaired) electrons. The maximum Gasteiger partial charge on any atom is 0.146 e. The Morgan fingerprint density at radius 1 is 1.16 bits per heavy atom. The van der Waals surface area contributed by atoms with Crippen molar-refractivity contribution in [3.63, 3.8) is 0 Å². The van der Waals surface area contributed by atoms with E-state index in [4.69, 9.17) is 4.74 Å². The number of hydrogen-bond acceptors (Lipinski definition) is 2. The Morgan fingerprint density at radius 3 is 2.74 bits per heavy atom. The van der Waals surface area contributed by atoms with E-state index >= 15 is 0 Å². The van der Waals surface area contributed by atoms with Crippen LogP contribution in [0.3, 0.4) is 0 Å². The molecule has 0 unspecified atom stereocenters. The lowest BCUT2D eigenvalue weighted by Gasteiger charge is -2.12. The molecule has 2 aromatic carbocycles.